The van der Waals surface area contributed by atoms with Gasteiger partial charge in [0.2, 0.25) is 6.79 Å². The van der Waals surface area contributed by atoms with Gasteiger partial charge in [-0.05, 0) is 28.3 Å². The van der Waals surface area contributed by atoms with Crippen LogP contribution in [0.4, 0.5) is 0 Å². The molecule has 0 fully saturated rings. The van der Waals surface area contributed by atoms with Crippen molar-refractivity contribution in [1.29, 1.82) is 0 Å². The molecule has 1 N–H and O–H groups in total. The molecule has 0 aromatic heterocycles. The topological polar surface area (TPSA) is 30.5 Å². The van der Waals surface area contributed by atoms with Crippen molar-refractivity contribution in [1.82, 2.24) is 5.32 Å². The van der Waals surface area contributed by atoms with Gasteiger partial charge in [0.05, 0.1) is 0 Å². The largest absolute Gasteiger partial charge is 0.454 e. The normalized spacial score (nSPS) is 21.3. The Morgan fingerprint density at radius 3 is 3.00 bits per heavy atom. The second-order valence-corrected chi connectivity index (χ2v) is 5.72. The van der Waals surface area contributed by atoms with Gasteiger partial charge in [-0.25, -0.2) is 0 Å². The van der Waals surface area contributed by atoms with Crippen LogP contribution in [0.5, 0.6) is 11.5 Å². The minimum absolute atomic E-state index is 0.349. The molecule has 0 amide bonds. The second-order valence-electron chi connectivity index (χ2n) is 5.72. The van der Waals surface area contributed by atoms with E-state index >= 15 is 0 Å². The van der Waals surface area contributed by atoms with Crippen LogP contribution in [-0.4, -0.2) is 13.3 Å². The van der Waals surface area contributed by atoms with Gasteiger partial charge in [-0.15, -0.1) is 0 Å². The molecular weight excluding hydrogens is 250 g/mol. The maximum atomic E-state index is 5.71. The third kappa shape index (κ3) is 1.28. The van der Waals surface area contributed by atoms with Crippen LogP contribution in [0.25, 0.3) is 0 Å². The van der Waals surface area contributed by atoms with Gasteiger partial charge in [0, 0.05) is 31.0 Å². The highest BCUT2D eigenvalue weighted by Gasteiger charge is 2.33. The molecule has 2 heterocycles. The molecule has 0 radical (unpaired) electrons. The van der Waals surface area contributed by atoms with Crippen molar-refractivity contribution in [3.05, 3.63) is 58.1 Å². The molecule has 3 nitrogen and oxygen atoms in total. The number of hydrogen-bond donors (Lipinski definition) is 1. The first kappa shape index (κ1) is 10.7. The zero-order valence-corrected chi connectivity index (χ0v) is 11.1. The van der Waals surface area contributed by atoms with Crippen LogP contribution in [0, 0.1) is 0 Å². The molecule has 0 spiro atoms. The summed E-state index contributed by atoms with van der Waals surface area (Å²) in [5.41, 5.74) is 7.16. The Balaban J connectivity index is 1.78. The van der Waals surface area contributed by atoms with Crippen molar-refractivity contribution < 1.29 is 9.47 Å². The van der Waals surface area contributed by atoms with Crippen molar-refractivity contribution in [2.24, 2.45) is 0 Å². The Morgan fingerprint density at radius 2 is 2.00 bits per heavy atom. The van der Waals surface area contributed by atoms with Crippen molar-refractivity contribution in [3.63, 3.8) is 0 Å². The summed E-state index contributed by atoms with van der Waals surface area (Å²) in [5, 5.41) is 3.54. The highest BCUT2D eigenvalue weighted by molar-refractivity contribution is 5.61. The van der Waals surface area contributed by atoms with E-state index in [2.05, 4.69) is 35.6 Å². The van der Waals surface area contributed by atoms with Crippen LogP contribution in [0.15, 0.2) is 30.3 Å². The summed E-state index contributed by atoms with van der Waals surface area (Å²) in [7, 11) is 0. The highest BCUT2D eigenvalue weighted by Crippen LogP contribution is 2.47. The number of ether oxygens (including phenoxy) is 2. The quantitative estimate of drug-likeness (QED) is 0.794. The average Bonchev–Trinajstić information content (AvgIpc) is 2.97. The van der Waals surface area contributed by atoms with Crippen molar-refractivity contribution in [2.45, 2.75) is 18.9 Å². The fourth-order valence-electron chi connectivity index (χ4n) is 3.89. The van der Waals surface area contributed by atoms with Crippen LogP contribution in [0.3, 0.4) is 0 Å². The molecule has 3 heteroatoms. The van der Waals surface area contributed by atoms with E-state index < -0.39 is 0 Å². The summed E-state index contributed by atoms with van der Waals surface area (Å²) < 4.78 is 11.2. The van der Waals surface area contributed by atoms with E-state index in [1.54, 1.807) is 0 Å². The first-order valence-corrected chi connectivity index (χ1v) is 7.14. The lowest BCUT2D eigenvalue weighted by atomic mass is 9.74. The number of hydrogen-bond acceptors (Lipinski definition) is 3. The van der Waals surface area contributed by atoms with Gasteiger partial charge in [-0.1, -0.05) is 24.3 Å². The number of fused-ring (bicyclic) bond motifs is 4. The van der Waals surface area contributed by atoms with Gasteiger partial charge < -0.3 is 14.8 Å². The Bertz CT molecular complexity index is 723. The highest BCUT2D eigenvalue weighted by atomic mass is 16.7. The van der Waals surface area contributed by atoms with Crippen LogP contribution >= 0.6 is 0 Å². The summed E-state index contributed by atoms with van der Waals surface area (Å²) in [6, 6.07) is 11.0. The van der Waals surface area contributed by atoms with Gasteiger partial charge in [0.25, 0.3) is 0 Å². The zero-order valence-electron chi connectivity index (χ0n) is 11.1. The average molecular weight is 265 g/mol. The number of nitrogens with one attached hydrogen (secondary N) is 1. The number of rotatable bonds is 0. The van der Waals surface area contributed by atoms with Gasteiger partial charge in [-0.3, -0.25) is 0 Å². The van der Waals surface area contributed by atoms with Gasteiger partial charge in [0.15, 0.2) is 11.5 Å². The molecule has 1 aliphatic carbocycles. The lowest BCUT2D eigenvalue weighted by Gasteiger charge is -2.34. The molecule has 2 aliphatic heterocycles. The lowest BCUT2D eigenvalue weighted by Crippen LogP contribution is -2.32. The summed E-state index contributed by atoms with van der Waals surface area (Å²) in [6.07, 6.45) is 0.960. The third-order valence-electron chi connectivity index (χ3n) is 4.72. The lowest BCUT2D eigenvalue weighted by molar-refractivity contribution is 0.173. The first-order valence-electron chi connectivity index (χ1n) is 7.14. The molecule has 5 rings (SSSR count). The van der Waals surface area contributed by atoms with Gasteiger partial charge >= 0.3 is 0 Å². The minimum Gasteiger partial charge on any atom is -0.454 e. The smallest absolute Gasteiger partial charge is 0.231 e. The summed E-state index contributed by atoms with van der Waals surface area (Å²) in [4.78, 5) is 0. The Labute approximate surface area is 117 Å². The van der Waals surface area contributed by atoms with Crippen molar-refractivity contribution in [2.75, 3.05) is 13.3 Å². The van der Waals surface area contributed by atoms with Gasteiger partial charge in [-0.2, -0.15) is 0 Å². The molecule has 3 aliphatic rings. The van der Waals surface area contributed by atoms with Crippen LogP contribution in [0.1, 0.15) is 33.7 Å². The maximum absolute atomic E-state index is 5.71. The zero-order chi connectivity index (χ0) is 13.1. The Kier molecular flexibility index (Phi) is 2.02. The standard InChI is InChI=1S/C17H15NO2/c1-2-10-6-13-12(4-5-15-17(13)20-9-19-15)14-8-18-7-11(3-1)16(10)14/h1-5,14,18H,6-9H2. The monoisotopic (exact) mass is 265 g/mol. The van der Waals surface area contributed by atoms with E-state index in [0.29, 0.717) is 12.7 Å². The summed E-state index contributed by atoms with van der Waals surface area (Å²) in [5.74, 6) is 2.31. The van der Waals surface area contributed by atoms with Crippen LogP contribution in [0.2, 0.25) is 0 Å². The molecular formula is C17H15NO2. The fourth-order valence-corrected chi connectivity index (χ4v) is 3.89. The fraction of sp³-hybridized carbons (Fsp3) is 0.294. The van der Waals surface area contributed by atoms with Crippen molar-refractivity contribution in [3.8, 4) is 11.5 Å². The predicted molar refractivity (Wildman–Crippen MR) is 75.4 cm³/mol. The number of benzene rings is 2. The molecule has 20 heavy (non-hydrogen) atoms. The summed E-state index contributed by atoms with van der Waals surface area (Å²) >= 11 is 0. The van der Waals surface area contributed by atoms with E-state index in [1.165, 1.54) is 27.8 Å². The third-order valence-corrected chi connectivity index (χ3v) is 4.72. The Hall–Kier alpha value is -2.00. The predicted octanol–water partition coefficient (Wildman–Crippen LogP) is 2.55. The van der Waals surface area contributed by atoms with Crippen LogP contribution < -0.4 is 14.8 Å². The van der Waals surface area contributed by atoms with E-state index in [0.717, 1.165) is 31.0 Å². The van der Waals surface area contributed by atoms with E-state index in [1.807, 2.05) is 0 Å². The summed E-state index contributed by atoms with van der Waals surface area (Å²) in [6.45, 7) is 2.35. The Morgan fingerprint density at radius 1 is 1.05 bits per heavy atom. The second kappa shape index (κ2) is 3.76. The maximum Gasteiger partial charge on any atom is 0.231 e. The SMILES string of the molecule is c1cc2c3c(c1)Cc1c(ccc4c1OCO4)C3CNC2. The molecule has 2 aromatic rings. The van der Waals surface area contributed by atoms with Crippen molar-refractivity contribution >= 4 is 0 Å². The molecule has 0 bridgehead atoms. The minimum atomic E-state index is 0.349. The molecule has 0 saturated carbocycles. The first-order chi connectivity index (χ1) is 9.92. The molecule has 2 aromatic carbocycles. The van der Waals surface area contributed by atoms with Crippen LogP contribution in [-0.2, 0) is 13.0 Å². The van der Waals surface area contributed by atoms with E-state index in [9.17, 15) is 0 Å². The molecule has 100 valence electrons. The van der Waals surface area contributed by atoms with E-state index in [-0.39, 0.29) is 0 Å². The molecule has 1 atom stereocenters. The molecule has 0 saturated heterocycles. The molecule has 1 unspecified atom stereocenters. The van der Waals surface area contributed by atoms with E-state index in [4.69, 9.17) is 9.47 Å². The van der Waals surface area contributed by atoms with Gasteiger partial charge in [0.1, 0.15) is 0 Å².